The Morgan fingerprint density at radius 1 is 1.05 bits per heavy atom. The van der Waals surface area contributed by atoms with Crippen LogP contribution in [0.4, 0.5) is 5.69 Å². The van der Waals surface area contributed by atoms with Crippen molar-refractivity contribution in [3.05, 3.63) is 59.2 Å². The minimum absolute atomic E-state index is 0.0100. The van der Waals surface area contributed by atoms with Crippen LogP contribution in [0.1, 0.15) is 35.3 Å². The van der Waals surface area contributed by atoms with Gasteiger partial charge in [0.15, 0.2) is 5.78 Å². The molecule has 0 spiro atoms. The fourth-order valence-electron chi connectivity index (χ4n) is 1.94. The summed E-state index contributed by atoms with van der Waals surface area (Å²) in [6.45, 7) is 5.83. The minimum Gasteiger partial charge on any atom is -0.491 e. The monoisotopic (exact) mass is 269 g/mol. The first-order valence-corrected chi connectivity index (χ1v) is 6.65. The van der Waals surface area contributed by atoms with Gasteiger partial charge in [0.25, 0.3) is 0 Å². The number of hydrogen-bond acceptors (Lipinski definition) is 3. The van der Waals surface area contributed by atoms with Crippen molar-refractivity contribution in [2.24, 2.45) is 0 Å². The van der Waals surface area contributed by atoms with E-state index in [1.807, 2.05) is 39.0 Å². The van der Waals surface area contributed by atoms with Crippen molar-refractivity contribution in [1.29, 1.82) is 0 Å². The molecule has 0 atom stereocenters. The van der Waals surface area contributed by atoms with Gasteiger partial charge < -0.3 is 10.5 Å². The molecule has 104 valence electrons. The summed E-state index contributed by atoms with van der Waals surface area (Å²) in [5.74, 6) is 0.759. The number of nitrogens with two attached hydrogens (primary N) is 1. The van der Waals surface area contributed by atoms with E-state index in [4.69, 9.17) is 10.5 Å². The van der Waals surface area contributed by atoms with Crippen molar-refractivity contribution in [2.75, 3.05) is 5.73 Å². The van der Waals surface area contributed by atoms with E-state index in [2.05, 4.69) is 0 Å². The van der Waals surface area contributed by atoms with Gasteiger partial charge in [-0.3, -0.25) is 4.79 Å². The maximum absolute atomic E-state index is 12.4. The Balaban J connectivity index is 2.22. The SMILES string of the molecule is Cc1cc(C(=O)c2ccc(OC(C)C)cc2)ccc1N. The summed E-state index contributed by atoms with van der Waals surface area (Å²) in [5, 5.41) is 0. The number of hydrogen-bond donors (Lipinski definition) is 1. The van der Waals surface area contributed by atoms with Gasteiger partial charge in [0.1, 0.15) is 5.75 Å². The summed E-state index contributed by atoms with van der Waals surface area (Å²) in [4.78, 5) is 12.4. The van der Waals surface area contributed by atoms with Gasteiger partial charge in [0.05, 0.1) is 6.10 Å². The molecule has 0 bridgehead atoms. The molecule has 0 fully saturated rings. The molecular weight excluding hydrogens is 250 g/mol. The lowest BCUT2D eigenvalue weighted by Gasteiger charge is -2.10. The molecule has 3 nitrogen and oxygen atoms in total. The standard InChI is InChI=1S/C17H19NO2/c1-11(2)20-15-7-4-13(5-8-15)17(19)14-6-9-16(18)12(3)10-14/h4-11H,18H2,1-3H3. The van der Waals surface area contributed by atoms with Gasteiger partial charge in [-0.2, -0.15) is 0 Å². The third kappa shape index (κ3) is 3.18. The number of ketones is 1. The van der Waals surface area contributed by atoms with Gasteiger partial charge in [0.2, 0.25) is 0 Å². The van der Waals surface area contributed by atoms with Crippen LogP contribution < -0.4 is 10.5 Å². The molecule has 0 aliphatic heterocycles. The van der Waals surface area contributed by atoms with Crippen LogP contribution in [0.2, 0.25) is 0 Å². The van der Waals surface area contributed by atoms with Crippen LogP contribution in [0.5, 0.6) is 5.75 Å². The quantitative estimate of drug-likeness (QED) is 0.681. The predicted molar refractivity (Wildman–Crippen MR) is 81.2 cm³/mol. The second-order valence-electron chi connectivity index (χ2n) is 5.09. The molecule has 2 rings (SSSR count). The van der Waals surface area contributed by atoms with E-state index in [0.717, 1.165) is 11.3 Å². The van der Waals surface area contributed by atoms with E-state index in [1.165, 1.54) is 0 Å². The molecule has 0 aromatic heterocycles. The maximum atomic E-state index is 12.4. The van der Waals surface area contributed by atoms with Crippen LogP contribution in [0.3, 0.4) is 0 Å². The fraction of sp³-hybridized carbons (Fsp3) is 0.235. The summed E-state index contributed by atoms with van der Waals surface area (Å²) in [7, 11) is 0. The molecule has 0 aliphatic carbocycles. The molecule has 2 aromatic rings. The summed E-state index contributed by atoms with van der Waals surface area (Å²) >= 11 is 0. The fourth-order valence-corrected chi connectivity index (χ4v) is 1.94. The molecule has 0 radical (unpaired) electrons. The van der Waals surface area contributed by atoms with Crippen LogP contribution >= 0.6 is 0 Å². The van der Waals surface area contributed by atoms with Gasteiger partial charge in [-0.15, -0.1) is 0 Å². The normalized spacial score (nSPS) is 10.6. The van der Waals surface area contributed by atoms with E-state index in [-0.39, 0.29) is 11.9 Å². The Morgan fingerprint density at radius 3 is 2.20 bits per heavy atom. The van der Waals surface area contributed by atoms with Gasteiger partial charge in [-0.05, 0) is 68.8 Å². The van der Waals surface area contributed by atoms with Gasteiger partial charge in [-0.1, -0.05) is 0 Å². The predicted octanol–water partition coefficient (Wildman–Crippen LogP) is 3.60. The van der Waals surface area contributed by atoms with Gasteiger partial charge >= 0.3 is 0 Å². The largest absolute Gasteiger partial charge is 0.491 e. The Kier molecular flexibility index (Phi) is 4.08. The highest BCUT2D eigenvalue weighted by atomic mass is 16.5. The van der Waals surface area contributed by atoms with Crippen molar-refractivity contribution >= 4 is 11.5 Å². The number of anilines is 1. The van der Waals surface area contributed by atoms with E-state index in [9.17, 15) is 4.79 Å². The van der Waals surface area contributed by atoms with Crippen molar-refractivity contribution in [3.8, 4) is 5.75 Å². The number of rotatable bonds is 4. The van der Waals surface area contributed by atoms with Crippen LogP contribution in [0.25, 0.3) is 0 Å². The van der Waals surface area contributed by atoms with E-state index in [1.54, 1.807) is 24.3 Å². The minimum atomic E-state index is -0.0100. The molecule has 20 heavy (non-hydrogen) atoms. The summed E-state index contributed by atoms with van der Waals surface area (Å²) < 4.78 is 5.56. The lowest BCUT2D eigenvalue weighted by molar-refractivity contribution is 0.103. The first-order valence-electron chi connectivity index (χ1n) is 6.65. The van der Waals surface area contributed by atoms with Crippen molar-refractivity contribution in [3.63, 3.8) is 0 Å². The van der Waals surface area contributed by atoms with Crippen LogP contribution in [-0.2, 0) is 0 Å². The third-order valence-electron chi connectivity index (χ3n) is 3.02. The molecule has 2 aromatic carbocycles. The highest BCUT2D eigenvalue weighted by molar-refractivity contribution is 6.09. The zero-order valence-corrected chi connectivity index (χ0v) is 12.0. The van der Waals surface area contributed by atoms with Crippen LogP contribution in [-0.4, -0.2) is 11.9 Å². The first-order chi connectivity index (χ1) is 9.47. The lowest BCUT2D eigenvalue weighted by atomic mass is 10.0. The summed E-state index contributed by atoms with van der Waals surface area (Å²) in [6, 6.07) is 12.5. The molecule has 0 saturated carbocycles. The summed E-state index contributed by atoms with van der Waals surface area (Å²) in [5.41, 5.74) is 8.67. The molecule has 0 heterocycles. The average molecular weight is 269 g/mol. The van der Waals surface area contributed by atoms with Crippen molar-refractivity contribution in [1.82, 2.24) is 0 Å². The summed E-state index contributed by atoms with van der Waals surface area (Å²) in [6.07, 6.45) is 0.122. The number of carbonyl (C=O) groups is 1. The van der Waals surface area contributed by atoms with Crippen LogP contribution in [0, 0.1) is 6.92 Å². The topological polar surface area (TPSA) is 52.3 Å². The van der Waals surface area contributed by atoms with Crippen molar-refractivity contribution in [2.45, 2.75) is 26.9 Å². The molecule has 0 aliphatic rings. The van der Waals surface area contributed by atoms with E-state index in [0.29, 0.717) is 16.8 Å². The lowest BCUT2D eigenvalue weighted by Crippen LogP contribution is -2.06. The number of aryl methyl sites for hydroxylation is 1. The molecule has 0 unspecified atom stereocenters. The Hall–Kier alpha value is -2.29. The molecular formula is C17H19NO2. The number of nitrogen functional groups attached to an aromatic ring is 1. The van der Waals surface area contributed by atoms with Crippen molar-refractivity contribution < 1.29 is 9.53 Å². The maximum Gasteiger partial charge on any atom is 0.193 e. The average Bonchev–Trinajstić information content (AvgIpc) is 2.41. The number of carbonyl (C=O) groups excluding carboxylic acids is 1. The second kappa shape index (κ2) is 5.78. The zero-order valence-electron chi connectivity index (χ0n) is 12.0. The Morgan fingerprint density at radius 2 is 1.65 bits per heavy atom. The number of benzene rings is 2. The molecule has 2 N–H and O–H groups in total. The van der Waals surface area contributed by atoms with E-state index >= 15 is 0 Å². The first kappa shape index (κ1) is 14.1. The van der Waals surface area contributed by atoms with Gasteiger partial charge in [-0.25, -0.2) is 0 Å². The third-order valence-corrected chi connectivity index (χ3v) is 3.02. The second-order valence-corrected chi connectivity index (χ2v) is 5.09. The Bertz CT molecular complexity index is 615. The highest BCUT2D eigenvalue weighted by Crippen LogP contribution is 2.19. The highest BCUT2D eigenvalue weighted by Gasteiger charge is 2.10. The molecule has 3 heteroatoms. The zero-order chi connectivity index (χ0) is 14.7. The molecule has 0 amide bonds. The van der Waals surface area contributed by atoms with E-state index < -0.39 is 0 Å². The smallest absolute Gasteiger partial charge is 0.193 e. The molecule has 0 saturated heterocycles. The number of ether oxygens (including phenoxy) is 1. The van der Waals surface area contributed by atoms with Gasteiger partial charge in [0, 0.05) is 16.8 Å². The Labute approximate surface area is 119 Å². The van der Waals surface area contributed by atoms with Crippen LogP contribution in [0.15, 0.2) is 42.5 Å².